The predicted molar refractivity (Wildman–Crippen MR) is 103 cm³/mol. The molecule has 1 fully saturated rings. The number of hydrogen-bond donors (Lipinski definition) is 1. The Morgan fingerprint density at radius 2 is 1.68 bits per heavy atom. The lowest BCUT2D eigenvalue weighted by atomic mass is 9.86. The number of nitrogens with zero attached hydrogens (tertiary/aromatic N) is 1. The number of hydrogen-bond acceptors (Lipinski definition) is 2. The minimum atomic E-state index is -0.434. The van der Waals surface area contributed by atoms with Crippen LogP contribution in [0.25, 0.3) is 5.57 Å². The van der Waals surface area contributed by atoms with Crippen molar-refractivity contribution in [1.29, 1.82) is 0 Å². The highest BCUT2D eigenvalue weighted by atomic mass is 16.3. The van der Waals surface area contributed by atoms with Crippen LogP contribution in [0.2, 0.25) is 0 Å². The number of benzene rings is 2. The zero-order valence-corrected chi connectivity index (χ0v) is 14.6. The first-order valence-corrected chi connectivity index (χ1v) is 9.19. The van der Waals surface area contributed by atoms with Crippen molar-refractivity contribution < 1.29 is 5.11 Å². The summed E-state index contributed by atoms with van der Waals surface area (Å²) in [5.74, 6) is 0. The van der Waals surface area contributed by atoms with Crippen molar-refractivity contribution in [2.45, 2.75) is 25.4 Å². The summed E-state index contributed by atoms with van der Waals surface area (Å²) >= 11 is 0. The molecule has 0 spiro atoms. The maximum Gasteiger partial charge on any atom is 0.0836 e. The Morgan fingerprint density at radius 1 is 1.00 bits per heavy atom. The van der Waals surface area contributed by atoms with Crippen LogP contribution in [0.5, 0.6) is 0 Å². The van der Waals surface area contributed by atoms with Crippen molar-refractivity contribution in [1.82, 2.24) is 4.90 Å². The van der Waals surface area contributed by atoms with Gasteiger partial charge in [-0.15, -0.1) is 6.58 Å². The molecule has 1 saturated heterocycles. The van der Waals surface area contributed by atoms with Crippen LogP contribution in [0.1, 0.15) is 41.2 Å². The largest absolute Gasteiger partial charge is 0.388 e. The Bertz CT molecular complexity index is 810. The predicted octanol–water partition coefficient (Wildman–Crippen LogP) is 4.36. The van der Waals surface area contributed by atoms with Gasteiger partial charge in [0.1, 0.15) is 0 Å². The highest BCUT2D eigenvalue weighted by molar-refractivity contribution is 5.86. The Balaban J connectivity index is 1.85. The van der Waals surface area contributed by atoms with Crippen molar-refractivity contribution in [3.8, 4) is 0 Å². The third kappa shape index (κ3) is 3.08. The van der Waals surface area contributed by atoms with Gasteiger partial charge in [-0.1, -0.05) is 60.2 Å². The Kier molecular flexibility index (Phi) is 4.56. The lowest BCUT2D eigenvalue weighted by Gasteiger charge is -2.29. The number of rotatable bonds is 2. The summed E-state index contributed by atoms with van der Waals surface area (Å²) in [6.45, 7) is 6.99. The molecule has 0 amide bonds. The minimum Gasteiger partial charge on any atom is -0.388 e. The highest BCUT2D eigenvalue weighted by Gasteiger charge is 2.26. The quantitative estimate of drug-likeness (QED) is 0.827. The number of fused-ring (bicyclic) bond motifs is 2. The van der Waals surface area contributed by atoms with Crippen LogP contribution in [0.3, 0.4) is 0 Å². The van der Waals surface area contributed by atoms with Crippen molar-refractivity contribution in [3.63, 3.8) is 0 Å². The Morgan fingerprint density at radius 3 is 2.44 bits per heavy atom. The molecule has 128 valence electrons. The van der Waals surface area contributed by atoms with E-state index in [4.69, 9.17) is 0 Å². The fraction of sp³-hybridized carbons (Fsp3) is 0.304. The van der Waals surface area contributed by atoms with Gasteiger partial charge in [0.2, 0.25) is 0 Å². The third-order valence-electron chi connectivity index (χ3n) is 5.49. The van der Waals surface area contributed by atoms with E-state index < -0.39 is 6.10 Å². The van der Waals surface area contributed by atoms with E-state index in [0.717, 1.165) is 38.0 Å². The zero-order valence-electron chi connectivity index (χ0n) is 14.6. The molecule has 1 heterocycles. The summed E-state index contributed by atoms with van der Waals surface area (Å²) in [7, 11) is 0. The smallest absolute Gasteiger partial charge is 0.0836 e. The van der Waals surface area contributed by atoms with Crippen LogP contribution in [-0.2, 0) is 6.42 Å². The molecule has 2 heteroatoms. The third-order valence-corrected chi connectivity index (χ3v) is 5.49. The van der Waals surface area contributed by atoms with Gasteiger partial charge in [0, 0.05) is 26.1 Å². The maximum absolute atomic E-state index is 10.8. The van der Waals surface area contributed by atoms with Gasteiger partial charge >= 0.3 is 0 Å². The molecule has 2 aliphatic rings. The Hall–Kier alpha value is -2.16. The van der Waals surface area contributed by atoms with E-state index in [0.29, 0.717) is 6.42 Å². The molecule has 2 nitrogen and oxygen atoms in total. The van der Waals surface area contributed by atoms with Gasteiger partial charge in [-0.25, -0.2) is 0 Å². The molecule has 1 atom stereocenters. The van der Waals surface area contributed by atoms with Crippen molar-refractivity contribution in [2.24, 2.45) is 0 Å². The normalized spacial score (nSPS) is 20.6. The average Bonchev–Trinajstić information content (AvgIpc) is 2.77. The maximum atomic E-state index is 10.8. The molecule has 2 aromatic carbocycles. The van der Waals surface area contributed by atoms with Gasteiger partial charge in [-0.2, -0.15) is 0 Å². The molecule has 2 aromatic rings. The van der Waals surface area contributed by atoms with E-state index in [1.165, 1.54) is 27.8 Å². The number of piperidine rings is 1. The van der Waals surface area contributed by atoms with Crippen LogP contribution in [0.4, 0.5) is 0 Å². The molecule has 0 bridgehead atoms. The Labute approximate surface area is 150 Å². The zero-order chi connectivity index (χ0) is 17.2. The van der Waals surface area contributed by atoms with E-state index in [2.05, 4.69) is 53.9 Å². The van der Waals surface area contributed by atoms with Crippen LogP contribution >= 0.6 is 0 Å². The van der Waals surface area contributed by atoms with Gasteiger partial charge < -0.3 is 5.11 Å². The first-order chi connectivity index (χ1) is 12.3. The first kappa shape index (κ1) is 16.3. The van der Waals surface area contributed by atoms with Crippen molar-refractivity contribution >= 4 is 5.57 Å². The molecule has 0 aromatic heterocycles. The van der Waals surface area contributed by atoms with E-state index in [1.807, 2.05) is 12.1 Å². The second kappa shape index (κ2) is 6.99. The molecule has 1 aliphatic carbocycles. The van der Waals surface area contributed by atoms with Gasteiger partial charge in [0.05, 0.1) is 6.10 Å². The van der Waals surface area contributed by atoms with Crippen molar-refractivity contribution in [2.75, 3.05) is 19.6 Å². The molecule has 25 heavy (non-hydrogen) atoms. The van der Waals surface area contributed by atoms with E-state index >= 15 is 0 Å². The molecule has 0 saturated carbocycles. The summed E-state index contributed by atoms with van der Waals surface area (Å²) < 4.78 is 0. The van der Waals surface area contributed by atoms with Crippen molar-refractivity contribution in [3.05, 3.63) is 89.0 Å². The van der Waals surface area contributed by atoms with Gasteiger partial charge in [0.15, 0.2) is 0 Å². The number of likely N-dealkylation sites (tertiary alicyclic amines) is 1. The minimum absolute atomic E-state index is 0.434. The first-order valence-electron chi connectivity index (χ1n) is 9.19. The highest BCUT2D eigenvalue weighted by Crippen LogP contribution is 2.41. The second-order valence-electron chi connectivity index (χ2n) is 7.03. The van der Waals surface area contributed by atoms with Gasteiger partial charge in [-0.3, -0.25) is 4.90 Å². The SMILES string of the molecule is C=CCN1CCC(=C2c3ccccc3CC(O)c3ccccc32)CC1. The number of aliphatic hydroxyl groups is 1. The van der Waals surface area contributed by atoms with E-state index in [9.17, 15) is 5.11 Å². The van der Waals surface area contributed by atoms with Crippen LogP contribution in [0, 0.1) is 0 Å². The molecular formula is C23H25NO. The molecule has 4 rings (SSSR count). The monoisotopic (exact) mass is 331 g/mol. The summed E-state index contributed by atoms with van der Waals surface area (Å²) in [6.07, 6.45) is 4.41. The van der Waals surface area contributed by atoms with E-state index in [1.54, 1.807) is 0 Å². The van der Waals surface area contributed by atoms with E-state index in [-0.39, 0.29) is 0 Å². The molecule has 1 unspecified atom stereocenters. The molecule has 1 N–H and O–H groups in total. The topological polar surface area (TPSA) is 23.5 Å². The van der Waals surface area contributed by atoms with Crippen LogP contribution < -0.4 is 0 Å². The molecular weight excluding hydrogens is 306 g/mol. The number of aliphatic hydroxyl groups excluding tert-OH is 1. The lowest BCUT2D eigenvalue weighted by molar-refractivity contribution is 0.179. The lowest BCUT2D eigenvalue weighted by Crippen LogP contribution is -2.31. The second-order valence-corrected chi connectivity index (χ2v) is 7.03. The van der Waals surface area contributed by atoms with Crippen LogP contribution in [0.15, 0.2) is 66.8 Å². The molecule has 0 radical (unpaired) electrons. The van der Waals surface area contributed by atoms with Crippen LogP contribution in [-0.4, -0.2) is 29.6 Å². The summed E-state index contributed by atoms with van der Waals surface area (Å²) in [6, 6.07) is 17.0. The average molecular weight is 331 g/mol. The fourth-order valence-electron chi connectivity index (χ4n) is 4.24. The standard InChI is InChI=1S/C23H25NO/c1-2-13-24-14-11-17(12-15-24)23-19-8-4-3-7-18(19)16-22(25)20-9-5-6-10-21(20)23/h2-10,22,25H,1,11-16H2. The summed E-state index contributed by atoms with van der Waals surface area (Å²) in [5.41, 5.74) is 7.72. The fourth-order valence-corrected chi connectivity index (χ4v) is 4.24. The van der Waals surface area contributed by atoms with Gasteiger partial charge in [0.25, 0.3) is 0 Å². The van der Waals surface area contributed by atoms with Gasteiger partial charge in [-0.05, 0) is 40.7 Å². The molecule has 1 aliphatic heterocycles. The summed E-state index contributed by atoms with van der Waals surface area (Å²) in [4.78, 5) is 2.46. The summed E-state index contributed by atoms with van der Waals surface area (Å²) in [5, 5.41) is 10.8.